The van der Waals surface area contributed by atoms with Gasteiger partial charge < -0.3 is 23.9 Å². The second-order valence-electron chi connectivity index (χ2n) is 5.44. The number of hydrogen-bond acceptors (Lipinski definition) is 7. The average molecular weight is 365 g/mol. The monoisotopic (exact) mass is 365 g/mol. The van der Waals surface area contributed by atoms with Crippen LogP contribution in [0.2, 0.25) is 0 Å². The van der Waals surface area contributed by atoms with Gasteiger partial charge in [-0.3, -0.25) is 0 Å². The van der Waals surface area contributed by atoms with Gasteiger partial charge in [-0.15, -0.1) is 0 Å². The number of nitrogens with zero attached hydrogens (tertiary/aromatic N) is 2. The van der Waals surface area contributed by atoms with Gasteiger partial charge in [0.2, 0.25) is 17.5 Å². The molecule has 0 aliphatic rings. The Kier molecular flexibility index (Phi) is 5.80. The highest BCUT2D eigenvalue weighted by molar-refractivity contribution is 5.60. The first-order valence-corrected chi connectivity index (χ1v) is 8.38. The predicted octanol–water partition coefficient (Wildman–Crippen LogP) is 4.28. The van der Waals surface area contributed by atoms with Crippen LogP contribution in [0.3, 0.4) is 0 Å². The van der Waals surface area contributed by atoms with Crippen molar-refractivity contribution in [3.05, 3.63) is 60.1 Å². The van der Waals surface area contributed by atoms with E-state index in [1.165, 1.54) is 0 Å². The number of nitrogens with one attached hydrogen (secondary N) is 1. The molecule has 1 N–H and O–H groups in total. The Labute approximate surface area is 157 Å². The highest BCUT2D eigenvalue weighted by Crippen LogP contribution is 2.25. The molecular formula is C20H19N3O4. The van der Waals surface area contributed by atoms with E-state index in [2.05, 4.69) is 10.3 Å². The van der Waals surface area contributed by atoms with Crippen LogP contribution in [0.1, 0.15) is 18.5 Å². The summed E-state index contributed by atoms with van der Waals surface area (Å²) in [7, 11) is 1.60. The average Bonchev–Trinajstić information content (AvgIpc) is 3.10. The van der Waals surface area contributed by atoms with Crippen molar-refractivity contribution < 1.29 is 18.6 Å². The molecule has 138 valence electrons. The van der Waals surface area contributed by atoms with Gasteiger partial charge in [0.25, 0.3) is 0 Å². The van der Waals surface area contributed by atoms with Gasteiger partial charge in [0.15, 0.2) is 6.61 Å². The Balaban J connectivity index is 1.65. The molecule has 0 aliphatic heterocycles. The first-order valence-electron chi connectivity index (χ1n) is 8.38. The molecule has 0 atom stereocenters. The van der Waals surface area contributed by atoms with E-state index >= 15 is 0 Å². The Morgan fingerprint density at radius 1 is 1.00 bits per heavy atom. The van der Waals surface area contributed by atoms with E-state index in [1.807, 2.05) is 37.3 Å². The Hall–Kier alpha value is -3.66. The summed E-state index contributed by atoms with van der Waals surface area (Å²) in [4.78, 5) is 4.16. The number of anilines is 2. The van der Waals surface area contributed by atoms with E-state index in [9.17, 15) is 5.26 Å². The van der Waals surface area contributed by atoms with Crippen molar-refractivity contribution in [2.45, 2.75) is 13.5 Å². The zero-order valence-corrected chi connectivity index (χ0v) is 15.1. The Morgan fingerprint density at radius 3 is 2.22 bits per heavy atom. The van der Waals surface area contributed by atoms with Gasteiger partial charge in [-0.05, 0) is 55.5 Å². The molecule has 1 heterocycles. The maximum atomic E-state index is 9.27. The molecule has 0 spiro atoms. The summed E-state index contributed by atoms with van der Waals surface area (Å²) in [6.45, 7) is 2.64. The van der Waals surface area contributed by atoms with E-state index in [0.29, 0.717) is 18.2 Å². The molecule has 2 aromatic carbocycles. The fourth-order valence-corrected chi connectivity index (χ4v) is 2.34. The largest absolute Gasteiger partial charge is 0.497 e. The normalized spacial score (nSPS) is 10.1. The van der Waals surface area contributed by atoms with Gasteiger partial charge in [-0.2, -0.15) is 10.2 Å². The van der Waals surface area contributed by atoms with Crippen molar-refractivity contribution in [3.8, 4) is 23.3 Å². The summed E-state index contributed by atoms with van der Waals surface area (Å²) >= 11 is 0. The summed E-state index contributed by atoms with van der Waals surface area (Å²) in [5, 5.41) is 12.3. The molecule has 0 aliphatic carbocycles. The smallest absolute Gasteiger partial charge is 0.236 e. The lowest BCUT2D eigenvalue weighted by Gasteiger charge is -2.06. The summed E-state index contributed by atoms with van der Waals surface area (Å²) in [5.74, 6) is 2.74. The van der Waals surface area contributed by atoms with Crippen LogP contribution in [0.4, 0.5) is 11.6 Å². The molecule has 0 radical (unpaired) electrons. The fraction of sp³-hybridized carbons (Fsp3) is 0.200. The maximum absolute atomic E-state index is 9.27. The van der Waals surface area contributed by atoms with Gasteiger partial charge in [0, 0.05) is 5.69 Å². The first kappa shape index (κ1) is 18.1. The molecule has 1 aromatic heterocycles. The summed E-state index contributed by atoms with van der Waals surface area (Å²) < 4.78 is 21.8. The Bertz CT molecular complexity index is 912. The minimum absolute atomic E-state index is 0.104. The van der Waals surface area contributed by atoms with Crippen LogP contribution in [0, 0.1) is 11.3 Å². The molecule has 3 aromatic rings. The predicted molar refractivity (Wildman–Crippen MR) is 99.4 cm³/mol. The number of methoxy groups -OCH3 is 1. The fourth-order valence-electron chi connectivity index (χ4n) is 2.34. The highest BCUT2D eigenvalue weighted by atomic mass is 16.5. The van der Waals surface area contributed by atoms with Crippen LogP contribution in [-0.2, 0) is 6.61 Å². The number of oxazole rings is 1. The molecule has 0 saturated carbocycles. The lowest BCUT2D eigenvalue weighted by atomic mass is 10.3. The molecule has 0 unspecified atom stereocenters. The number of rotatable bonds is 8. The standard InChI is InChI=1S/C20H19N3O4/c1-3-25-16-8-10-17(11-9-16)26-13-19-23-18(12-21)20(27-19)22-14-4-6-15(24-2)7-5-14/h4-11,22H,3,13H2,1-2H3. The lowest BCUT2D eigenvalue weighted by Crippen LogP contribution is -1.96. The van der Waals surface area contributed by atoms with Gasteiger partial charge in [0.05, 0.1) is 13.7 Å². The second kappa shape index (κ2) is 8.63. The van der Waals surface area contributed by atoms with Crippen molar-refractivity contribution in [2.75, 3.05) is 19.0 Å². The quantitative estimate of drug-likeness (QED) is 0.637. The molecule has 3 rings (SSSR count). The minimum Gasteiger partial charge on any atom is -0.497 e. The number of aromatic nitrogens is 1. The van der Waals surface area contributed by atoms with Crippen molar-refractivity contribution in [1.82, 2.24) is 4.98 Å². The van der Waals surface area contributed by atoms with Crippen LogP contribution in [-0.4, -0.2) is 18.7 Å². The number of hydrogen-bond donors (Lipinski definition) is 1. The van der Waals surface area contributed by atoms with Crippen LogP contribution in [0.5, 0.6) is 17.2 Å². The van der Waals surface area contributed by atoms with Crippen LogP contribution >= 0.6 is 0 Å². The van der Waals surface area contributed by atoms with Crippen molar-refractivity contribution >= 4 is 11.6 Å². The third kappa shape index (κ3) is 4.70. The first-order chi connectivity index (χ1) is 13.2. The number of ether oxygens (including phenoxy) is 3. The van der Waals surface area contributed by atoms with E-state index in [0.717, 1.165) is 17.2 Å². The van der Waals surface area contributed by atoms with Crippen molar-refractivity contribution in [3.63, 3.8) is 0 Å². The number of nitriles is 1. The lowest BCUT2D eigenvalue weighted by molar-refractivity contribution is 0.264. The molecule has 27 heavy (non-hydrogen) atoms. The molecule has 0 saturated heterocycles. The van der Waals surface area contributed by atoms with Crippen molar-refractivity contribution in [2.24, 2.45) is 0 Å². The third-order valence-corrected chi connectivity index (χ3v) is 3.62. The molecule has 0 bridgehead atoms. The van der Waals surface area contributed by atoms with Crippen molar-refractivity contribution in [1.29, 1.82) is 5.26 Å². The second-order valence-corrected chi connectivity index (χ2v) is 5.44. The summed E-state index contributed by atoms with van der Waals surface area (Å²) in [5.41, 5.74) is 0.915. The molecule has 7 heteroatoms. The topological polar surface area (TPSA) is 89.5 Å². The maximum Gasteiger partial charge on any atom is 0.236 e. The molecule has 0 amide bonds. The highest BCUT2D eigenvalue weighted by Gasteiger charge is 2.14. The van der Waals surface area contributed by atoms with Gasteiger partial charge >= 0.3 is 0 Å². The van der Waals surface area contributed by atoms with Crippen LogP contribution in [0.25, 0.3) is 0 Å². The summed E-state index contributed by atoms with van der Waals surface area (Å²) in [6.07, 6.45) is 0. The third-order valence-electron chi connectivity index (χ3n) is 3.62. The summed E-state index contributed by atoms with van der Waals surface area (Å²) in [6, 6.07) is 16.5. The van der Waals surface area contributed by atoms with Gasteiger partial charge in [0.1, 0.15) is 23.3 Å². The number of benzene rings is 2. The SMILES string of the molecule is CCOc1ccc(OCc2nc(C#N)c(Nc3ccc(OC)cc3)o2)cc1. The zero-order valence-electron chi connectivity index (χ0n) is 15.1. The van der Waals surface area contributed by atoms with E-state index in [1.54, 1.807) is 31.4 Å². The molecule has 0 fully saturated rings. The van der Waals surface area contributed by atoms with Gasteiger partial charge in [-0.25, -0.2) is 0 Å². The van der Waals surface area contributed by atoms with Gasteiger partial charge in [-0.1, -0.05) is 0 Å². The van der Waals surface area contributed by atoms with Crippen LogP contribution in [0.15, 0.2) is 52.9 Å². The van der Waals surface area contributed by atoms with E-state index < -0.39 is 0 Å². The molecule has 7 nitrogen and oxygen atoms in total. The van der Waals surface area contributed by atoms with E-state index in [4.69, 9.17) is 18.6 Å². The van der Waals surface area contributed by atoms with E-state index in [-0.39, 0.29) is 18.2 Å². The zero-order chi connectivity index (χ0) is 19.1. The van der Waals surface area contributed by atoms with Crippen LogP contribution < -0.4 is 19.5 Å². The minimum atomic E-state index is 0.104. The Morgan fingerprint density at radius 2 is 1.63 bits per heavy atom. The molecular weight excluding hydrogens is 346 g/mol.